The molecule has 0 spiro atoms. The Morgan fingerprint density at radius 1 is 1.35 bits per heavy atom. The van der Waals surface area contributed by atoms with E-state index in [1.54, 1.807) is 0 Å². The Kier molecular flexibility index (Phi) is 7.09. The maximum absolute atomic E-state index is 9.07. The van der Waals surface area contributed by atoms with Crippen LogP contribution in [0.25, 0.3) is 0 Å². The molecule has 2 atom stereocenters. The van der Waals surface area contributed by atoms with Gasteiger partial charge in [0.1, 0.15) is 0 Å². The van der Waals surface area contributed by atoms with E-state index < -0.39 is 0 Å². The van der Waals surface area contributed by atoms with Crippen LogP contribution in [0.15, 0.2) is 0 Å². The number of piperidine rings is 1. The number of likely N-dealkylation sites (tertiary alicyclic amines) is 1. The summed E-state index contributed by atoms with van der Waals surface area (Å²) in [4.78, 5) is 2.51. The first-order valence-electron chi connectivity index (χ1n) is 7.22. The standard InChI is InChI=1S/C14H30N2O/c1-4-16-10-13(6-8-17)9-14(11-16)15-7-5-12(2)3/h12-15,17H,4-11H2,1-3H3. The van der Waals surface area contributed by atoms with Crippen LogP contribution in [0.1, 0.15) is 40.0 Å². The van der Waals surface area contributed by atoms with Crippen LogP contribution in [0, 0.1) is 11.8 Å². The average Bonchev–Trinajstić information content (AvgIpc) is 2.28. The van der Waals surface area contributed by atoms with Crippen molar-refractivity contribution in [3.63, 3.8) is 0 Å². The monoisotopic (exact) mass is 242 g/mol. The van der Waals surface area contributed by atoms with Crippen LogP contribution < -0.4 is 5.32 Å². The van der Waals surface area contributed by atoms with Crippen molar-refractivity contribution >= 4 is 0 Å². The van der Waals surface area contributed by atoms with Crippen LogP contribution in [0.3, 0.4) is 0 Å². The summed E-state index contributed by atoms with van der Waals surface area (Å²) in [6.07, 6.45) is 3.45. The van der Waals surface area contributed by atoms with E-state index in [-0.39, 0.29) is 0 Å². The van der Waals surface area contributed by atoms with Crippen LogP contribution in [-0.4, -0.2) is 48.8 Å². The first-order chi connectivity index (χ1) is 8.15. The molecule has 3 nitrogen and oxygen atoms in total. The molecule has 3 heteroatoms. The summed E-state index contributed by atoms with van der Waals surface area (Å²) in [5.74, 6) is 1.45. The lowest BCUT2D eigenvalue weighted by molar-refractivity contribution is 0.125. The molecule has 102 valence electrons. The van der Waals surface area contributed by atoms with Gasteiger partial charge in [0.15, 0.2) is 0 Å². The van der Waals surface area contributed by atoms with Crippen molar-refractivity contribution in [3.8, 4) is 0 Å². The highest BCUT2D eigenvalue weighted by Gasteiger charge is 2.25. The molecule has 1 heterocycles. The zero-order chi connectivity index (χ0) is 12.7. The minimum atomic E-state index is 0.334. The molecule has 0 saturated carbocycles. The van der Waals surface area contributed by atoms with Gasteiger partial charge < -0.3 is 15.3 Å². The molecule has 2 N–H and O–H groups in total. The number of rotatable bonds is 7. The number of aliphatic hydroxyl groups excluding tert-OH is 1. The van der Waals surface area contributed by atoms with Crippen molar-refractivity contribution in [2.45, 2.75) is 46.1 Å². The van der Waals surface area contributed by atoms with Crippen molar-refractivity contribution in [1.29, 1.82) is 0 Å². The van der Waals surface area contributed by atoms with E-state index in [4.69, 9.17) is 5.11 Å². The highest BCUT2D eigenvalue weighted by molar-refractivity contribution is 4.83. The van der Waals surface area contributed by atoms with Gasteiger partial charge in [-0.2, -0.15) is 0 Å². The van der Waals surface area contributed by atoms with Crippen molar-refractivity contribution in [2.24, 2.45) is 11.8 Å². The zero-order valence-electron chi connectivity index (χ0n) is 11.8. The number of hydrogen-bond donors (Lipinski definition) is 2. The summed E-state index contributed by atoms with van der Waals surface area (Å²) in [5.41, 5.74) is 0. The topological polar surface area (TPSA) is 35.5 Å². The first kappa shape index (κ1) is 14.9. The van der Waals surface area contributed by atoms with Crippen molar-refractivity contribution < 1.29 is 5.11 Å². The fraction of sp³-hybridized carbons (Fsp3) is 1.00. The molecule has 0 amide bonds. The molecule has 2 unspecified atom stereocenters. The van der Waals surface area contributed by atoms with Crippen LogP contribution in [0.4, 0.5) is 0 Å². The second-order valence-corrected chi connectivity index (χ2v) is 5.80. The van der Waals surface area contributed by atoms with Gasteiger partial charge in [0.2, 0.25) is 0 Å². The molecule has 0 aliphatic carbocycles. The maximum Gasteiger partial charge on any atom is 0.0434 e. The minimum Gasteiger partial charge on any atom is -0.396 e. The number of nitrogens with one attached hydrogen (secondary N) is 1. The normalized spacial score (nSPS) is 26.6. The fourth-order valence-electron chi connectivity index (χ4n) is 2.68. The molecule has 0 aromatic rings. The van der Waals surface area contributed by atoms with Gasteiger partial charge in [-0.05, 0) is 44.2 Å². The molecule has 17 heavy (non-hydrogen) atoms. The summed E-state index contributed by atoms with van der Waals surface area (Å²) in [6.45, 7) is 11.7. The lowest BCUT2D eigenvalue weighted by atomic mass is 9.91. The van der Waals surface area contributed by atoms with Gasteiger partial charge in [-0.15, -0.1) is 0 Å². The Labute approximate surface area is 107 Å². The lowest BCUT2D eigenvalue weighted by Crippen LogP contribution is -2.49. The first-order valence-corrected chi connectivity index (χ1v) is 7.22. The molecule has 0 aromatic heterocycles. The third-order valence-electron chi connectivity index (χ3n) is 3.75. The van der Waals surface area contributed by atoms with E-state index in [9.17, 15) is 0 Å². The highest BCUT2D eigenvalue weighted by Crippen LogP contribution is 2.19. The SMILES string of the molecule is CCN1CC(CCO)CC(NCCC(C)C)C1. The summed E-state index contributed by atoms with van der Waals surface area (Å²) >= 11 is 0. The lowest BCUT2D eigenvalue weighted by Gasteiger charge is -2.37. The van der Waals surface area contributed by atoms with Crippen LogP contribution in [0.5, 0.6) is 0 Å². The molecule has 1 aliphatic rings. The third kappa shape index (κ3) is 5.84. The van der Waals surface area contributed by atoms with Crippen LogP contribution >= 0.6 is 0 Å². The molecule has 1 saturated heterocycles. The second kappa shape index (κ2) is 8.06. The van der Waals surface area contributed by atoms with E-state index in [0.29, 0.717) is 18.6 Å². The van der Waals surface area contributed by atoms with Crippen LogP contribution in [-0.2, 0) is 0 Å². The number of likely N-dealkylation sites (N-methyl/N-ethyl adjacent to an activating group) is 1. The molecule has 0 bridgehead atoms. The summed E-state index contributed by atoms with van der Waals surface area (Å²) < 4.78 is 0. The number of aliphatic hydroxyl groups is 1. The maximum atomic E-state index is 9.07. The molecular formula is C14H30N2O. The van der Waals surface area contributed by atoms with E-state index in [1.807, 2.05) is 0 Å². The largest absolute Gasteiger partial charge is 0.396 e. The van der Waals surface area contributed by atoms with E-state index in [1.165, 1.54) is 25.9 Å². The Morgan fingerprint density at radius 3 is 2.71 bits per heavy atom. The predicted octanol–water partition coefficient (Wildman–Crippen LogP) is 1.71. The van der Waals surface area contributed by atoms with Crippen molar-refractivity contribution in [2.75, 3.05) is 32.8 Å². The van der Waals surface area contributed by atoms with Gasteiger partial charge in [0, 0.05) is 25.7 Å². The fourth-order valence-corrected chi connectivity index (χ4v) is 2.68. The summed E-state index contributed by atoms with van der Waals surface area (Å²) in [5, 5.41) is 12.8. The predicted molar refractivity (Wildman–Crippen MR) is 73.2 cm³/mol. The highest BCUT2D eigenvalue weighted by atomic mass is 16.3. The molecule has 0 radical (unpaired) electrons. The zero-order valence-corrected chi connectivity index (χ0v) is 11.8. The average molecular weight is 242 g/mol. The van der Waals surface area contributed by atoms with E-state index in [0.717, 1.165) is 25.4 Å². The summed E-state index contributed by atoms with van der Waals surface area (Å²) in [6, 6.07) is 0.624. The Bertz CT molecular complexity index is 197. The summed E-state index contributed by atoms with van der Waals surface area (Å²) in [7, 11) is 0. The van der Waals surface area contributed by atoms with Gasteiger partial charge in [0.05, 0.1) is 0 Å². The van der Waals surface area contributed by atoms with E-state index in [2.05, 4.69) is 31.0 Å². The minimum absolute atomic E-state index is 0.334. The van der Waals surface area contributed by atoms with Crippen molar-refractivity contribution in [3.05, 3.63) is 0 Å². The Balaban J connectivity index is 2.31. The van der Waals surface area contributed by atoms with Crippen molar-refractivity contribution in [1.82, 2.24) is 10.2 Å². The quantitative estimate of drug-likeness (QED) is 0.713. The molecule has 1 fully saturated rings. The van der Waals surface area contributed by atoms with Gasteiger partial charge in [-0.1, -0.05) is 20.8 Å². The van der Waals surface area contributed by atoms with Gasteiger partial charge in [-0.25, -0.2) is 0 Å². The van der Waals surface area contributed by atoms with E-state index >= 15 is 0 Å². The number of nitrogens with zero attached hydrogens (tertiary/aromatic N) is 1. The smallest absolute Gasteiger partial charge is 0.0434 e. The molecule has 0 aromatic carbocycles. The molecule has 1 aliphatic heterocycles. The van der Waals surface area contributed by atoms with Gasteiger partial charge in [-0.3, -0.25) is 0 Å². The van der Waals surface area contributed by atoms with Crippen LogP contribution in [0.2, 0.25) is 0 Å². The second-order valence-electron chi connectivity index (χ2n) is 5.80. The Hall–Kier alpha value is -0.120. The third-order valence-corrected chi connectivity index (χ3v) is 3.75. The Morgan fingerprint density at radius 2 is 2.12 bits per heavy atom. The molecular weight excluding hydrogens is 212 g/mol. The molecule has 1 rings (SSSR count). The number of hydrogen-bond acceptors (Lipinski definition) is 3. The van der Waals surface area contributed by atoms with Gasteiger partial charge >= 0.3 is 0 Å². The van der Waals surface area contributed by atoms with Gasteiger partial charge in [0.25, 0.3) is 0 Å².